The van der Waals surface area contributed by atoms with Gasteiger partial charge in [-0.25, -0.2) is 0 Å². The zero-order valence-corrected chi connectivity index (χ0v) is 10.4. The van der Waals surface area contributed by atoms with Gasteiger partial charge in [-0.2, -0.15) is 0 Å². The Morgan fingerprint density at radius 2 is 2.33 bits per heavy atom. The molecule has 0 fully saturated rings. The van der Waals surface area contributed by atoms with Crippen LogP contribution in [0, 0.1) is 0 Å². The van der Waals surface area contributed by atoms with Gasteiger partial charge >= 0.3 is 0 Å². The summed E-state index contributed by atoms with van der Waals surface area (Å²) >= 11 is 8.51. The first-order chi connectivity index (χ1) is 5.65. The van der Waals surface area contributed by atoms with E-state index >= 15 is 0 Å². The second kappa shape index (κ2) is 4.56. The molecule has 0 aliphatic carbocycles. The summed E-state index contributed by atoms with van der Waals surface area (Å²) < 4.78 is 2.20. The summed E-state index contributed by atoms with van der Waals surface area (Å²) in [6.07, 6.45) is 2.64. The predicted octanol–water partition coefficient (Wildman–Crippen LogP) is 3.85. The summed E-state index contributed by atoms with van der Waals surface area (Å²) in [5, 5.41) is 0. The van der Waals surface area contributed by atoms with E-state index < -0.39 is 0 Å². The summed E-state index contributed by atoms with van der Waals surface area (Å²) in [7, 11) is 0. The third-order valence-corrected chi connectivity index (χ3v) is 3.89. The van der Waals surface area contributed by atoms with Crippen molar-refractivity contribution in [2.75, 3.05) is 0 Å². The van der Waals surface area contributed by atoms with Gasteiger partial charge in [0.1, 0.15) is 0 Å². The normalized spacial score (nSPS) is 12.9. The molecule has 0 saturated heterocycles. The first-order valence-corrected chi connectivity index (χ1v) is 5.86. The van der Waals surface area contributed by atoms with Crippen molar-refractivity contribution in [1.29, 1.82) is 0 Å². The zero-order valence-electron chi connectivity index (χ0n) is 6.39. The van der Waals surface area contributed by atoms with Gasteiger partial charge in [-0.3, -0.25) is 0 Å². The number of thiophene rings is 1. The molecule has 0 bridgehead atoms. The molecular weight excluding hydrogens is 302 g/mol. The smallest absolute Gasteiger partial charge is 0.0758 e. The maximum Gasteiger partial charge on any atom is 0.0758 e. The van der Waals surface area contributed by atoms with Crippen molar-refractivity contribution in [3.05, 3.63) is 31.9 Å². The van der Waals surface area contributed by atoms with Crippen molar-refractivity contribution in [3.8, 4) is 0 Å². The minimum atomic E-state index is 0.0550. The van der Waals surface area contributed by atoms with Crippen LogP contribution < -0.4 is 5.73 Å². The Bertz CT molecular complexity index is 283. The van der Waals surface area contributed by atoms with E-state index in [1.807, 2.05) is 12.1 Å². The van der Waals surface area contributed by atoms with Crippen molar-refractivity contribution in [3.63, 3.8) is 0 Å². The van der Waals surface area contributed by atoms with Gasteiger partial charge in [-0.05, 0) is 49.9 Å². The molecule has 2 N–H and O–H groups in total. The predicted molar refractivity (Wildman–Crippen MR) is 61.5 cm³/mol. The summed E-state index contributed by atoms with van der Waals surface area (Å²) in [5.74, 6) is 0. The number of halogens is 2. The summed E-state index contributed by atoms with van der Waals surface area (Å²) in [4.78, 5) is 0. The van der Waals surface area contributed by atoms with Crippen LogP contribution in [0.1, 0.15) is 18.0 Å². The van der Waals surface area contributed by atoms with Gasteiger partial charge in [0.05, 0.1) is 7.57 Å². The van der Waals surface area contributed by atoms with Crippen molar-refractivity contribution < 1.29 is 0 Å². The third-order valence-electron chi connectivity index (χ3n) is 1.50. The zero-order chi connectivity index (χ0) is 9.14. The average Bonchev–Trinajstić information content (AvgIpc) is 2.30. The molecule has 0 amide bonds. The molecule has 1 aromatic heterocycles. The molecule has 1 unspecified atom stereocenters. The largest absolute Gasteiger partial charge is 0.324 e. The van der Waals surface area contributed by atoms with Crippen LogP contribution in [0.5, 0.6) is 0 Å². The van der Waals surface area contributed by atoms with Crippen molar-refractivity contribution in [2.45, 2.75) is 12.5 Å². The highest BCUT2D eigenvalue weighted by atomic mass is 79.9. The van der Waals surface area contributed by atoms with Gasteiger partial charge in [0.2, 0.25) is 0 Å². The van der Waals surface area contributed by atoms with Crippen molar-refractivity contribution in [2.24, 2.45) is 5.73 Å². The topological polar surface area (TPSA) is 26.0 Å². The first-order valence-electron chi connectivity index (χ1n) is 3.46. The van der Waals surface area contributed by atoms with Gasteiger partial charge in [0.25, 0.3) is 0 Å². The van der Waals surface area contributed by atoms with E-state index in [4.69, 9.17) is 5.73 Å². The average molecular weight is 311 g/mol. The molecule has 0 radical (unpaired) electrons. The van der Waals surface area contributed by atoms with Crippen LogP contribution in [0.2, 0.25) is 0 Å². The van der Waals surface area contributed by atoms with Crippen molar-refractivity contribution >= 4 is 43.2 Å². The SMILES string of the molecule is C=CCC(N)c1cc(Br)sc1Br. The molecule has 66 valence electrons. The molecule has 1 rings (SSSR count). The maximum atomic E-state index is 5.90. The highest BCUT2D eigenvalue weighted by Gasteiger charge is 2.11. The molecular formula is C8H9Br2NS. The quantitative estimate of drug-likeness (QED) is 0.843. The summed E-state index contributed by atoms with van der Waals surface area (Å²) in [5.41, 5.74) is 7.05. The fourth-order valence-corrected chi connectivity index (χ4v) is 3.91. The van der Waals surface area contributed by atoms with Gasteiger partial charge < -0.3 is 5.73 Å². The minimum absolute atomic E-state index is 0.0550. The molecule has 0 saturated carbocycles. The molecule has 1 atom stereocenters. The van der Waals surface area contributed by atoms with Crippen molar-refractivity contribution in [1.82, 2.24) is 0 Å². The Balaban J connectivity index is 2.85. The van der Waals surface area contributed by atoms with Crippen LogP contribution in [0.25, 0.3) is 0 Å². The Labute approximate surface area is 92.9 Å². The standard InChI is InChI=1S/C8H9Br2NS/c1-2-3-6(11)5-4-7(9)12-8(5)10/h2,4,6H,1,3,11H2. The van der Waals surface area contributed by atoms with E-state index in [-0.39, 0.29) is 6.04 Å². The highest BCUT2D eigenvalue weighted by Crippen LogP contribution is 2.35. The number of hydrogen-bond acceptors (Lipinski definition) is 2. The Morgan fingerprint density at radius 3 is 2.75 bits per heavy atom. The second-order valence-electron chi connectivity index (χ2n) is 2.41. The lowest BCUT2D eigenvalue weighted by Gasteiger charge is -2.06. The molecule has 0 aliphatic rings. The van der Waals surface area contributed by atoms with Crippen LogP contribution in [0.3, 0.4) is 0 Å². The summed E-state index contributed by atoms with van der Waals surface area (Å²) in [6, 6.07) is 2.10. The van der Waals surface area contributed by atoms with Gasteiger partial charge in [0, 0.05) is 6.04 Å². The lowest BCUT2D eigenvalue weighted by Crippen LogP contribution is -2.08. The molecule has 0 aliphatic heterocycles. The molecule has 1 heterocycles. The van der Waals surface area contributed by atoms with Crippen LogP contribution in [0.4, 0.5) is 0 Å². The molecule has 12 heavy (non-hydrogen) atoms. The fraction of sp³-hybridized carbons (Fsp3) is 0.250. The Hall–Kier alpha value is 0.360. The second-order valence-corrected chi connectivity index (χ2v) is 6.16. The van der Waals surface area contributed by atoms with Crippen LogP contribution >= 0.6 is 43.2 Å². The van der Waals surface area contributed by atoms with Crippen LogP contribution in [-0.4, -0.2) is 0 Å². The Kier molecular flexibility index (Phi) is 3.96. The maximum absolute atomic E-state index is 5.90. The van der Waals surface area contributed by atoms with E-state index in [1.54, 1.807) is 11.3 Å². The van der Waals surface area contributed by atoms with Crippen LogP contribution in [-0.2, 0) is 0 Å². The lowest BCUT2D eigenvalue weighted by atomic mass is 10.1. The van der Waals surface area contributed by atoms with E-state index in [9.17, 15) is 0 Å². The molecule has 1 nitrogen and oxygen atoms in total. The van der Waals surface area contributed by atoms with Crippen LogP contribution in [0.15, 0.2) is 26.3 Å². The third kappa shape index (κ3) is 2.42. The molecule has 4 heteroatoms. The fourth-order valence-electron chi connectivity index (χ4n) is 0.912. The van der Waals surface area contributed by atoms with Gasteiger partial charge in [0.15, 0.2) is 0 Å². The van der Waals surface area contributed by atoms with Gasteiger partial charge in [-0.15, -0.1) is 17.9 Å². The number of hydrogen-bond donors (Lipinski definition) is 1. The molecule has 0 aromatic carbocycles. The van der Waals surface area contributed by atoms with Gasteiger partial charge in [-0.1, -0.05) is 6.08 Å². The first kappa shape index (κ1) is 10.4. The van der Waals surface area contributed by atoms with E-state index in [0.717, 1.165) is 19.6 Å². The summed E-state index contributed by atoms with van der Waals surface area (Å²) in [6.45, 7) is 3.66. The number of rotatable bonds is 3. The minimum Gasteiger partial charge on any atom is -0.324 e. The highest BCUT2D eigenvalue weighted by molar-refractivity contribution is 9.12. The van der Waals surface area contributed by atoms with E-state index in [2.05, 4.69) is 38.4 Å². The molecule has 1 aromatic rings. The monoisotopic (exact) mass is 309 g/mol. The van der Waals surface area contributed by atoms with E-state index in [1.165, 1.54) is 0 Å². The Morgan fingerprint density at radius 1 is 1.67 bits per heavy atom. The molecule has 0 spiro atoms. The lowest BCUT2D eigenvalue weighted by molar-refractivity contribution is 0.742. The van der Waals surface area contributed by atoms with E-state index in [0.29, 0.717) is 0 Å². The number of nitrogens with two attached hydrogens (primary N) is 1.